The van der Waals surface area contributed by atoms with Crippen LogP contribution >= 0.6 is 0 Å². The molecule has 0 fully saturated rings. The number of rotatable bonds is 9. The summed E-state index contributed by atoms with van der Waals surface area (Å²) in [5.41, 5.74) is 8.18. The molecule has 0 bridgehead atoms. The number of Topliss-reactive ketones (excluding diaryl/α,β-unsaturated/α-hetero) is 1. The highest BCUT2D eigenvalue weighted by Crippen LogP contribution is 2.13. The van der Waals surface area contributed by atoms with Crippen molar-refractivity contribution in [2.45, 2.75) is 26.2 Å². The van der Waals surface area contributed by atoms with Gasteiger partial charge in [0.05, 0.1) is 6.61 Å². The summed E-state index contributed by atoms with van der Waals surface area (Å²) in [6, 6.07) is 14.7. The normalized spacial score (nSPS) is 10.3. The molecule has 2 rings (SSSR count). The summed E-state index contributed by atoms with van der Waals surface area (Å²) in [5, 5.41) is 2.90. The Hall–Kier alpha value is -2.82. The number of amides is 1. The Morgan fingerprint density at radius 1 is 1.04 bits per heavy atom. The average molecular weight is 340 g/mol. The Labute approximate surface area is 148 Å². The van der Waals surface area contributed by atoms with Crippen molar-refractivity contribution in [3.63, 3.8) is 0 Å². The third-order valence-electron chi connectivity index (χ3n) is 3.79. The van der Waals surface area contributed by atoms with E-state index in [9.17, 15) is 9.59 Å². The average Bonchev–Trinajstić information content (AvgIpc) is 2.61. The Bertz CT molecular complexity index is 694. The van der Waals surface area contributed by atoms with Gasteiger partial charge in [0.2, 0.25) is 5.91 Å². The number of hydrogen-bond acceptors (Lipinski definition) is 4. The van der Waals surface area contributed by atoms with E-state index in [1.165, 1.54) is 6.92 Å². The molecule has 2 aromatic carbocycles. The molecule has 0 saturated carbocycles. The zero-order valence-corrected chi connectivity index (χ0v) is 14.5. The summed E-state index contributed by atoms with van der Waals surface area (Å²) in [6.45, 7) is 2.60. The fourth-order valence-electron chi connectivity index (χ4n) is 2.33. The van der Waals surface area contributed by atoms with E-state index in [0.717, 1.165) is 17.7 Å². The number of nitrogen functional groups attached to an aromatic ring is 1. The number of anilines is 1. The van der Waals surface area contributed by atoms with Gasteiger partial charge in [-0.25, -0.2) is 0 Å². The molecule has 3 N–H and O–H groups in total. The lowest BCUT2D eigenvalue weighted by atomic mass is 10.1. The van der Waals surface area contributed by atoms with Crippen molar-refractivity contribution in [1.82, 2.24) is 5.32 Å². The quantitative estimate of drug-likeness (QED) is 0.418. The zero-order chi connectivity index (χ0) is 18.1. The van der Waals surface area contributed by atoms with Crippen LogP contribution in [0.2, 0.25) is 0 Å². The van der Waals surface area contributed by atoms with Gasteiger partial charge in [0.1, 0.15) is 5.75 Å². The van der Waals surface area contributed by atoms with Gasteiger partial charge in [0.15, 0.2) is 5.78 Å². The van der Waals surface area contributed by atoms with E-state index in [2.05, 4.69) is 5.32 Å². The highest BCUT2D eigenvalue weighted by atomic mass is 16.5. The van der Waals surface area contributed by atoms with Crippen molar-refractivity contribution >= 4 is 17.4 Å². The van der Waals surface area contributed by atoms with Gasteiger partial charge >= 0.3 is 0 Å². The maximum atomic E-state index is 11.8. The molecule has 0 atom stereocenters. The standard InChI is InChI=1S/C20H24N2O3/c1-15(23)17-6-10-19(11-7-17)25-14-2-3-20(24)22-13-12-16-4-8-18(21)9-5-16/h4-11H,2-3,12-14,21H2,1H3,(H,22,24). The van der Waals surface area contributed by atoms with Gasteiger partial charge in [0.25, 0.3) is 0 Å². The van der Waals surface area contributed by atoms with Gasteiger partial charge in [-0.05, 0) is 61.7 Å². The number of ether oxygens (including phenoxy) is 1. The van der Waals surface area contributed by atoms with E-state index < -0.39 is 0 Å². The first kappa shape index (κ1) is 18.5. The molecule has 0 heterocycles. The molecule has 0 saturated heterocycles. The first-order valence-corrected chi connectivity index (χ1v) is 8.39. The van der Waals surface area contributed by atoms with E-state index in [0.29, 0.717) is 37.3 Å². The van der Waals surface area contributed by atoms with Crippen LogP contribution < -0.4 is 15.8 Å². The molecular weight excluding hydrogens is 316 g/mol. The number of benzene rings is 2. The molecule has 132 valence electrons. The van der Waals surface area contributed by atoms with Crippen molar-refractivity contribution in [2.24, 2.45) is 0 Å². The van der Waals surface area contributed by atoms with Crippen molar-refractivity contribution < 1.29 is 14.3 Å². The van der Waals surface area contributed by atoms with Crippen molar-refractivity contribution in [3.05, 3.63) is 59.7 Å². The molecule has 2 aromatic rings. The van der Waals surface area contributed by atoms with Crippen LogP contribution in [0.4, 0.5) is 5.69 Å². The molecule has 0 unspecified atom stereocenters. The number of ketones is 1. The summed E-state index contributed by atoms with van der Waals surface area (Å²) in [4.78, 5) is 23.0. The number of nitrogens with one attached hydrogen (secondary N) is 1. The topological polar surface area (TPSA) is 81.4 Å². The van der Waals surface area contributed by atoms with E-state index in [4.69, 9.17) is 10.5 Å². The predicted octanol–water partition coefficient (Wildman–Crippen LogP) is 2.99. The van der Waals surface area contributed by atoms with Crippen LogP contribution in [0.25, 0.3) is 0 Å². The summed E-state index contributed by atoms with van der Waals surface area (Å²) < 4.78 is 5.57. The second-order valence-corrected chi connectivity index (χ2v) is 5.87. The number of hydrogen-bond donors (Lipinski definition) is 2. The highest BCUT2D eigenvalue weighted by Gasteiger charge is 2.03. The van der Waals surface area contributed by atoms with Crippen LogP contribution in [-0.2, 0) is 11.2 Å². The third kappa shape index (κ3) is 6.67. The van der Waals surface area contributed by atoms with Crippen LogP contribution in [0.5, 0.6) is 5.75 Å². The summed E-state index contributed by atoms with van der Waals surface area (Å²) in [6.07, 6.45) is 1.85. The SMILES string of the molecule is CC(=O)c1ccc(OCCCC(=O)NCCc2ccc(N)cc2)cc1. The Balaban J connectivity index is 1.58. The molecule has 25 heavy (non-hydrogen) atoms. The lowest BCUT2D eigenvalue weighted by Crippen LogP contribution is -2.25. The lowest BCUT2D eigenvalue weighted by molar-refractivity contribution is -0.121. The largest absolute Gasteiger partial charge is 0.494 e. The fraction of sp³-hybridized carbons (Fsp3) is 0.300. The summed E-state index contributed by atoms with van der Waals surface area (Å²) in [5.74, 6) is 0.752. The van der Waals surface area contributed by atoms with Crippen LogP contribution in [0.15, 0.2) is 48.5 Å². The van der Waals surface area contributed by atoms with Crippen molar-refractivity contribution in [3.8, 4) is 5.75 Å². The lowest BCUT2D eigenvalue weighted by Gasteiger charge is -2.08. The summed E-state index contributed by atoms with van der Waals surface area (Å²) >= 11 is 0. The molecule has 0 aromatic heterocycles. The predicted molar refractivity (Wildman–Crippen MR) is 98.7 cm³/mol. The van der Waals surface area contributed by atoms with Crippen LogP contribution in [0.1, 0.15) is 35.7 Å². The molecule has 0 aliphatic heterocycles. The Morgan fingerprint density at radius 3 is 2.36 bits per heavy atom. The van der Waals surface area contributed by atoms with Gasteiger partial charge in [-0.1, -0.05) is 12.1 Å². The molecule has 5 nitrogen and oxygen atoms in total. The maximum absolute atomic E-state index is 11.8. The first-order chi connectivity index (χ1) is 12.0. The molecule has 0 aliphatic rings. The molecule has 1 amide bonds. The highest BCUT2D eigenvalue weighted by molar-refractivity contribution is 5.94. The monoisotopic (exact) mass is 340 g/mol. The molecule has 5 heteroatoms. The van der Waals surface area contributed by atoms with E-state index in [1.54, 1.807) is 24.3 Å². The van der Waals surface area contributed by atoms with Gasteiger partial charge in [-0.3, -0.25) is 9.59 Å². The van der Waals surface area contributed by atoms with Crippen molar-refractivity contribution in [2.75, 3.05) is 18.9 Å². The third-order valence-corrected chi connectivity index (χ3v) is 3.79. The zero-order valence-electron chi connectivity index (χ0n) is 14.5. The van der Waals surface area contributed by atoms with E-state index in [-0.39, 0.29) is 11.7 Å². The number of nitrogens with two attached hydrogens (primary N) is 1. The van der Waals surface area contributed by atoms with Crippen molar-refractivity contribution in [1.29, 1.82) is 0 Å². The molecule has 0 aliphatic carbocycles. The summed E-state index contributed by atoms with van der Waals surface area (Å²) in [7, 11) is 0. The minimum atomic E-state index is 0.0194. The molecule has 0 spiro atoms. The van der Waals surface area contributed by atoms with Crippen LogP contribution in [0.3, 0.4) is 0 Å². The van der Waals surface area contributed by atoms with Crippen LogP contribution in [0, 0.1) is 0 Å². The van der Waals surface area contributed by atoms with Crippen LogP contribution in [-0.4, -0.2) is 24.8 Å². The maximum Gasteiger partial charge on any atom is 0.220 e. The second-order valence-electron chi connectivity index (χ2n) is 5.87. The number of carbonyl (C=O) groups is 2. The smallest absolute Gasteiger partial charge is 0.220 e. The Kier molecular flexibility index (Phi) is 7.01. The number of carbonyl (C=O) groups excluding carboxylic acids is 2. The second kappa shape index (κ2) is 9.47. The minimum absolute atomic E-state index is 0.0194. The van der Waals surface area contributed by atoms with Gasteiger partial charge in [-0.15, -0.1) is 0 Å². The van der Waals surface area contributed by atoms with Gasteiger partial charge in [0, 0.05) is 24.2 Å². The van der Waals surface area contributed by atoms with E-state index >= 15 is 0 Å². The Morgan fingerprint density at radius 2 is 1.72 bits per heavy atom. The van der Waals surface area contributed by atoms with Gasteiger partial charge < -0.3 is 15.8 Å². The molecule has 0 radical (unpaired) electrons. The first-order valence-electron chi connectivity index (χ1n) is 8.39. The van der Waals surface area contributed by atoms with E-state index in [1.807, 2.05) is 24.3 Å². The fourth-order valence-corrected chi connectivity index (χ4v) is 2.33. The van der Waals surface area contributed by atoms with Gasteiger partial charge in [-0.2, -0.15) is 0 Å². The molecular formula is C20H24N2O3. The minimum Gasteiger partial charge on any atom is -0.494 e.